The summed E-state index contributed by atoms with van der Waals surface area (Å²) < 4.78 is 5.34. The van der Waals surface area contributed by atoms with E-state index in [2.05, 4.69) is 11.9 Å². The summed E-state index contributed by atoms with van der Waals surface area (Å²) in [7, 11) is 1.68. The Morgan fingerprint density at radius 3 is 2.55 bits per heavy atom. The summed E-state index contributed by atoms with van der Waals surface area (Å²) >= 11 is 0. The zero-order valence-electron chi connectivity index (χ0n) is 13.1. The molecule has 116 valence electrons. The van der Waals surface area contributed by atoms with Gasteiger partial charge in [0, 0.05) is 13.5 Å². The molecule has 1 aliphatic rings. The number of carbonyl (C=O) groups excluding carboxylic acids is 1. The summed E-state index contributed by atoms with van der Waals surface area (Å²) in [6.45, 7) is 2.70. The van der Waals surface area contributed by atoms with Gasteiger partial charge in [0.25, 0.3) is 0 Å². The van der Waals surface area contributed by atoms with Crippen molar-refractivity contribution in [3.63, 3.8) is 0 Å². The van der Waals surface area contributed by atoms with E-state index < -0.39 is 0 Å². The molecule has 20 heavy (non-hydrogen) atoms. The number of nitrogens with two attached hydrogens (primary N) is 1. The highest BCUT2D eigenvalue weighted by molar-refractivity contribution is 5.80. The van der Waals surface area contributed by atoms with Crippen LogP contribution in [0.3, 0.4) is 0 Å². The number of nitrogens with zero attached hydrogens (tertiary/aromatic N) is 1. The second-order valence-corrected chi connectivity index (χ2v) is 5.85. The summed E-state index contributed by atoms with van der Waals surface area (Å²) in [5.41, 5.74) is 5.60. The van der Waals surface area contributed by atoms with Crippen LogP contribution in [0.15, 0.2) is 4.99 Å². The molecule has 0 aromatic heterocycles. The van der Waals surface area contributed by atoms with Crippen molar-refractivity contribution in [2.75, 3.05) is 13.7 Å². The van der Waals surface area contributed by atoms with Crippen LogP contribution in [0.5, 0.6) is 0 Å². The number of esters is 1. The Morgan fingerprint density at radius 2 is 1.95 bits per heavy atom. The first-order chi connectivity index (χ1) is 9.67. The number of ether oxygens (including phenoxy) is 1. The van der Waals surface area contributed by atoms with Gasteiger partial charge >= 0.3 is 5.97 Å². The maximum absolute atomic E-state index is 11.9. The van der Waals surface area contributed by atoms with Gasteiger partial charge in [0.2, 0.25) is 0 Å². The molecule has 0 aromatic carbocycles. The van der Waals surface area contributed by atoms with Gasteiger partial charge in [0.15, 0.2) is 0 Å². The van der Waals surface area contributed by atoms with Gasteiger partial charge < -0.3 is 10.5 Å². The van der Waals surface area contributed by atoms with Gasteiger partial charge in [-0.15, -0.1) is 0 Å². The van der Waals surface area contributed by atoms with Crippen molar-refractivity contribution >= 4 is 11.8 Å². The van der Waals surface area contributed by atoms with Gasteiger partial charge in [-0.3, -0.25) is 9.79 Å². The first-order valence-electron chi connectivity index (χ1n) is 8.05. The fourth-order valence-electron chi connectivity index (χ4n) is 2.84. The van der Waals surface area contributed by atoms with Gasteiger partial charge in [0.1, 0.15) is 0 Å². The first-order valence-corrected chi connectivity index (χ1v) is 8.05. The number of unbranched alkanes of at least 4 members (excludes halogenated alkanes) is 1. The molecule has 0 spiro atoms. The van der Waals surface area contributed by atoms with Crippen LogP contribution in [0.1, 0.15) is 64.7 Å². The van der Waals surface area contributed by atoms with Crippen LogP contribution in [0.25, 0.3) is 0 Å². The highest BCUT2D eigenvalue weighted by Gasteiger charge is 2.26. The van der Waals surface area contributed by atoms with Gasteiger partial charge in [-0.25, -0.2) is 0 Å². The Labute approximate surface area is 123 Å². The van der Waals surface area contributed by atoms with Gasteiger partial charge in [-0.1, -0.05) is 26.2 Å². The molecule has 0 bridgehead atoms. The molecule has 4 heteroatoms. The summed E-state index contributed by atoms with van der Waals surface area (Å²) in [4.78, 5) is 15.8. The molecule has 0 amide bonds. The third-order valence-corrected chi connectivity index (χ3v) is 4.25. The van der Waals surface area contributed by atoms with E-state index in [1.54, 1.807) is 7.05 Å². The van der Waals surface area contributed by atoms with Crippen molar-refractivity contribution in [2.24, 2.45) is 22.6 Å². The molecular weight excluding hydrogens is 252 g/mol. The Kier molecular flexibility index (Phi) is 8.31. The molecule has 2 N–H and O–H groups in total. The number of hydrogen-bond donors (Lipinski definition) is 1. The number of amidine groups is 1. The Morgan fingerprint density at radius 1 is 1.25 bits per heavy atom. The van der Waals surface area contributed by atoms with Crippen LogP contribution < -0.4 is 5.73 Å². The lowest BCUT2D eigenvalue weighted by Crippen LogP contribution is -2.24. The molecule has 0 atom stereocenters. The smallest absolute Gasteiger partial charge is 0.308 e. The van der Waals surface area contributed by atoms with Gasteiger partial charge in [-0.2, -0.15) is 0 Å². The van der Waals surface area contributed by atoms with Gasteiger partial charge in [-0.05, 0) is 38.0 Å². The second-order valence-electron chi connectivity index (χ2n) is 5.85. The second kappa shape index (κ2) is 9.78. The van der Waals surface area contributed by atoms with E-state index in [9.17, 15) is 4.79 Å². The molecule has 0 heterocycles. The molecule has 1 rings (SSSR count). The van der Waals surface area contributed by atoms with Crippen LogP contribution in [-0.4, -0.2) is 25.5 Å². The number of aliphatic imine (C=N–C) groups is 1. The van der Waals surface area contributed by atoms with E-state index in [1.807, 2.05) is 0 Å². The lowest BCUT2D eigenvalue weighted by Gasteiger charge is -2.27. The third kappa shape index (κ3) is 6.40. The largest absolute Gasteiger partial charge is 0.465 e. The van der Waals surface area contributed by atoms with E-state index in [1.165, 1.54) is 32.1 Å². The van der Waals surface area contributed by atoms with E-state index in [0.29, 0.717) is 18.9 Å². The van der Waals surface area contributed by atoms with Crippen molar-refractivity contribution in [3.8, 4) is 0 Å². The van der Waals surface area contributed by atoms with Gasteiger partial charge in [0.05, 0.1) is 18.4 Å². The van der Waals surface area contributed by atoms with Crippen molar-refractivity contribution in [3.05, 3.63) is 0 Å². The van der Waals surface area contributed by atoms with E-state index in [4.69, 9.17) is 10.5 Å². The summed E-state index contributed by atoms with van der Waals surface area (Å²) in [5, 5.41) is 0. The fraction of sp³-hybridized carbons (Fsp3) is 0.875. The predicted octanol–water partition coefficient (Wildman–Crippen LogP) is 3.29. The van der Waals surface area contributed by atoms with E-state index >= 15 is 0 Å². The van der Waals surface area contributed by atoms with Crippen LogP contribution in [0.4, 0.5) is 0 Å². The summed E-state index contributed by atoms with van der Waals surface area (Å²) in [5.74, 6) is 1.58. The number of rotatable bonds is 8. The predicted molar refractivity (Wildman–Crippen MR) is 82.7 cm³/mol. The van der Waals surface area contributed by atoms with Crippen molar-refractivity contribution in [1.82, 2.24) is 0 Å². The zero-order valence-corrected chi connectivity index (χ0v) is 13.1. The molecule has 1 aliphatic carbocycles. The summed E-state index contributed by atoms with van der Waals surface area (Å²) in [6, 6.07) is 0. The zero-order chi connectivity index (χ0) is 14.8. The molecule has 0 radical (unpaired) electrons. The Hall–Kier alpha value is -1.06. The molecule has 0 aliphatic heterocycles. The maximum Gasteiger partial charge on any atom is 0.308 e. The standard InChI is InChI=1S/C16H30N2O2/c1-3-4-6-13-8-10-14(11-9-13)16(19)20-12-5-7-15(17)18-2/h13-14H,3-12H2,1-2H3,(H2,17,18). The van der Waals surface area contributed by atoms with Crippen molar-refractivity contribution in [1.29, 1.82) is 0 Å². The van der Waals surface area contributed by atoms with Crippen LogP contribution in [0.2, 0.25) is 0 Å². The highest BCUT2D eigenvalue weighted by Crippen LogP contribution is 2.32. The molecule has 1 saturated carbocycles. The van der Waals surface area contributed by atoms with E-state index in [-0.39, 0.29) is 11.9 Å². The average molecular weight is 282 g/mol. The molecule has 0 saturated heterocycles. The fourth-order valence-corrected chi connectivity index (χ4v) is 2.84. The van der Waals surface area contributed by atoms with Crippen molar-refractivity contribution in [2.45, 2.75) is 64.7 Å². The SMILES string of the molecule is CCCCC1CCC(C(=O)OCCCC(N)=NC)CC1. The quantitative estimate of drug-likeness (QED) is 0.321. The van der Waals surface area contributed by atoms with Crippen molar-refractivity contribution < 1.29 is 9.53 Å². The highest BCUT2D eigenvalue weighted by atomic mass is 16.5. The lowest BCUT2D eigenvalue weighted by molar-refractivity contribution is -0.150. The monoisotopic (exact) mass is 282 g/mol. The minimum atomic E-state index is -0.00838. The topological polar surface area (TPSA) is 64.7 Å². The first kappa shape index (κ1) is 17.0. The number of hydrogen-bond acceptors (Lipinski definition) is 3. The Bertz CT molecular complexity index is 308. The van der Waals surface area contributed by atoms with E-state index in [0.717, 1.165) is 25.2 Å². The average Bonchev–Trinajstić information content (AvgIpc) is 2.49. The normalized spacial score (nSPS) is 23.6. The van der Waals surface area contributed by atoms with Crippen LogP contribution >= 0.6 is 0 Å². The Balaban J connectivity index is 2.13. The molecule has 4 nitrogen and oxygen atoms in total. The molecule has 0 unspecified atom stereocenters. The maximum atomic E-state index is 11.9. The molecule has 1 fully saturated rings. The lowest BCUT2D eigenvalue weighted by atomic mass is 9.80. The molecular formula is C16H30N2O2. The number of carbonyl (C=O) groups is 1. The summed E-state index contributed by atoms with van der Waals surface area (Å²) in [6.07, 6.45) is 9.77. The van der Waals surface area contributed by atoms with Crippen LogP contribution in [0, 0.1) is 11.8 Å². The minimum absolute atomic E-state index is 0.00838. The third-order valence-electron chi connectivity index (χ3n) is 4.25. The molecule has 0 aromatic rings. The minimum Gasteiger partial charge on any atom is -0.465 e. The van der Waals surface area contributed by atoms with Crippen LogP contribution in [-0.2, 0) is 9.53 Å².